The SMILES string of the molecule is Cc1cnn([C@@H](C)CNS(=O)(=O)N2CCCC2)c1. The molecule has 0 unspecified atom stereocenters. The normalized spacial score (nSPS) is 19.2. The Kier molecular flexibility index (Phi) is 4.04. The Morgan fingerprint density at radius 2 is 2.11 bits per heavy atom. The van der Waals surface area contributed by atoms with Gasteiger partial charge in [-0.3, -0.25) is 4.68 Å². The molecule has 1 aliphatic heterocycles. The molecular weight excluding hydrogens is 252 g/mol. The highest BCUT2D eigenvalue weighted by Gasteiger charge is 2.25. The lowest BCUT2D eigenvalue weighted by atomic mass is 10.3. The van der Waals surface area contributed by atoms with Gasteiger partial charge in [-0.2, -0.15) is 22.5 Å². The van der Waals surface area contributed by atoms with Gasteiger partial charge in [-0.15, -0.1) is 0 Å². The summed E-state index contributed by atoms with van der Waals surface area (Å²) in [6.45, 7) is 5.53. The maximum absolute atomic E-state index is 12.0. The monoisotopic (exact) mass is 272 g/mol. The van der Waals surface area contributed by atoms with Gasteiger partial charge in [0.15, 0.2) is 0 Å². The van der Waals surface area contributed by atoms with Crippen molar-refractivity contribution in [2.45, 2.75) is 32.7 Å². The molecular formula is C11H20N4O2S. The summed E-state index contributed by atoms with van der Waals surface area (Å²) in [5.74, 6) is 0. The molecule has 2 rings (SSSR count). The molecule has 1 atom stereocenters. The second-order valence-electron chi connectivity index (χ2n) is 4.81. The van der Waals surface area contributed by atoms with Crippen LogP contribution in [0.2, 0.25) is 0 Å². The number of nitrogens with zero attached hydrogens (tertiary/aromatic N) is 3. The Labute approximate surface area is 108 Å². The third kappa shape index (κ3) is 3.09. The Balaban J connectivity index is 1.91. The van der Waals surface area contributed by atoms with E-state index in [0.717, 1.165) is 18.4 Å². The summed E-state index contributed by atoms with van der Waals surface area (Å²) in [6.07, 6.45) is 5.59. The number of nitrogens with one attached hydrogen (secondary N) is 1. The van der Waals surface area contributed by atoms with Gasteiger partial charge in [0, 0.05) is 25.8 Å². The number of aryl methyl sites for hydroxylation is 1. The van der Waals surface area contributed by atoms with E-state index in [-0.39, 0.29) is 6.04 Å². The predicted molar refractivity (Wildman–Crippen MR) is 69.4 cm³/mol. The first-order chi connectivity index (χ1) is 8.49. The van der Waals surface area contributed by atoms with Crippen molar-refractivity contribution in [3.05, 3.63) is 18.0 Å². The lowest BCUT2D eigenvalue weighted by Gasteiger charge is -2.18. The molecule has 1 aromatic heterocycles. The maximum atomic E-state index is 12.0. The molecule has 6 nitrogen and oxygen atoms in total. The zero-order valence-electron chi connectivity index (χ0n) is 10.8. The van der Waals surface area contributed by atoms with E-state index >= 15 is 0 Å². The van der Waals surface area contributed by atoms with Crippen LogP contribution in [0.25, 0.3) is 0 Å². The van der Waals surface area contributed by atoms with Crippen molar-refractivity contribution in [3.8, 4) is 0 Å². The first kappa shape index (κ1) is 13.5. The summed E-state index contributed by atoms with van der Waals surface area (Å²) in [6, 6.07) is 0.0103. The average molecular weight is 272 g/mol. The summed E-state index contributed by atoms with van der Waals surface area (Å²) in [5, 5.41) is 4.18. The quantitative estimate of drug-likeness (QED) is 0.857. The fourth-order valence-corrected chi connectivity index (χ4v) is 3.39. The van der Waals surface area contributed by atoms with Crippen LogP contribution < -0.4 is 4.72 Å². The minimum Gasteiger partial charge on any atom is -0.268 e. The number of hydrogen-bond donors (Lipinski definition) is 1. The summed E-state index contributed by atoms with van der Waals surface area (Å²) in [7, 11) is -3.31. The van der Waals surface area contributed by atoms with Crippen molar-refractivity contribution in [1.82, 2.24) is 18.8 Å². The summed E-state index contributed by atoms with van der Waals surface area (Å²) in [4.78, 5) is 0. The molecule has 1 aromatic rings. The first-order valence-electron chi connectivity index (χ1n) is 6.24. The van der Waals surface area contributed by atoms with Crippen LogP contribution in [-0.4, -0.2) is 42.1 Å². The molecule has 0 radical (unpaired) electrons. The molecule has 1 fully saturated rings. The van der Waals surface area contributed by atoms with Crippen LogP contribution >= 0.6 is 0 Å². The molecule has 1 aliphatic rings. The molecule has 2 heterocycles. The van der Waals surface area contributed by atoms with Crippen LogP contribution in [0.4, 0.5) is 0 Å². The fraction of sp³-hybridized carbons (Fsp3) is 0.727. The van der Waals surface area contributed by atoms with Gasteiger partial charge < -0.3 is 0 Å². The lowest BCUT2D eigenvalue weighted by molar-refractivity contribution is 0.441. The Bertz CT molecular complexity index is 491. The largest absolute Gasteiger partial charge is 0.279 e. The first-order valence-corrected chi connectivity index (χ1v) is 7.68. The topological polar surface area (TPSA) is 67.2 Å². The van der Waals surface area contributed by atoms with Gasteiger partial charge in [-0.1, -0.05) is 0 Å². The van der Waals surface area contributed by atoms with Gasteiger partial charge in [0.1, 0.15) is 0 Å². The lowest BCUT2D eigenvalue weighted by Crippen LogP contribution is -2.41. The van der Waals surface area contributed by atoms with Crippen LogP contribution in [0.15, 0.2) is 12.4 Å². The third-order valence-electron chi connectivity index (χ3n) is 3.15. The molecule has 102 valence electrons. The number of aromatic nitrogens is 2. The Morgan fingerprint density at radius 1 is 1.44 bits per heavy atom. The second kappa shape index (κ2) is 5.38. The van der Waals surface area contributed by atoms with Crippen LogP contribution in [0.5, 0.6) is 0 Å². The minimum absolute atomic E-state index is 0.0103. The zero-order valence-corrected chi connectivity index (χ0v) is 11.7. The van der Waals surface area contributed by atoms with Crippen molar-refractivity contribution < 1.29 is 8.42 Å². The molecule has 0 aromatic carbocycles. The predicted octanol–water partition coefficient (Wildman–Crippen LogP) is 0.683. The van der Waals surface area contributed by atoms with E-state index in [1.807, 2.05) is 20.0 Å². The molecule has 1 N–H and O–H groups in total. The summed E-state index contributed by atoms with van der Waals surface area (Å²) >= 11 is 0. The Morgan fingerprint density at radius 3 is 2.67 bits per heavy atom. The van der Waals surface area contributed by atoms with Crippen LogP contribution in [-0.2, 0) is 10.2 Å². The van der Waals surface area contributed by atoms with Crippen LogP contribution in [0.3, 0.4) is 0 Å². The standard InChI is InChI=1S/C11H20N4O2S/c1-10-7-12-15(9-10)11(2)8-13-18(16,17)14-5-3-4-6-14/h7,9,11,13H,3-6,8H2,1-2H3/t11-/m0/s1. The van der Waals surface area contributed by atoms with E-state index in [9.17, 15) is 8.42 Å². The van der Waals surface area contributed by atoms with E-state index in [1.54, 1.807) is 10.9 Å². The van der Waals surface area contributed by atoms with Crippen LogP contribution in [0, 0.1) is 6.92 Å². The van der Waals surface area contributed by atoms with E-state index in [4.69, 9.17) is 0 Å². The number of rotatable bonds is 5. The van der Waals surface area contributed by atoms with E-state index in [0.29, 0.717) is 19.6 Å². The van der Waals surface area contributed by atoms with Gasteiger partial charge in [-0.25, -0.2) is 0 Å². The summed E-state index contributed by atoms with van der Waals surface area (Å²) < 4.78 is 29.9. The van der Waals surface area contributed by atoms with Gasteiger partial charge in [-0.05, 0) is 32.3 Å². The van der Waals surface area contributed by atoms with Gasteiger partial charge in [0.05, 0.1) is 12.2 Å². The summed E-state index contributed by atoms with van der Waals surface area (Å²) in [5.41, 5.74) is 1.07. The van der Waals surface area contributed by atoms with Crippen molar-refractivity contribution in [2.75, 3.05) is 19.6 Å². The van der Waals surface area contributed by atoms with E-state index < -0.39 is 10.2 Å². The highest BCUT2D eigenvalue weighted by molar-refractivity contribution is 7.87. The molecule has 0 amide bonds. The molecule has 7 heteroatoms. The molecule has 0 bridgehead atoms. The molecule has 0 aliphatic carbocycles. The minimum atomic E-state index is -3.31. The van der Waals surface area contributed by atoms with Crippen molar-refractivity contribution in [1.29, 1.82) is 0 Å². The zero-order chi connectivity index (χ0) is 13.2. The molecule has 0 saturated carbocycles. The van der Waals surface area contributed by atoms with Crippen molar-refractivity contribution in [3.63, 3.8) is 0 Å². The third-order valence-corrected chi connectivity index (χ3v) is 4.72. The van der Waals surface area contributed by atoms with Crippen LogP contribution in [0.1, 0.15) is 31.4 Å². The Hall–Kier alpha value is -0.920. The smallest absolute Gasteiger partial charge is 0.268 e. The highest BCUT2D eigenvalue weighted by Crippen LogP contribution is 2.12. The molecule has 18 heavy (non-hydrogen) atoms. The number of hydrogen-bond acceptors (Lipinski definition) is 3. The fourth-order valence-electron chi connectivity index (χ4n) is 2.01. The van der Waals surface area contributed by atoms with Gasteiger partial charge in [0.2, 0.25) is 0 Å². The maximum Gasteiger partial charge on any atom is 0.279 e. The highest BCUT2D eigenvalue weighted by atomic mass is 32.2. The van der Waals surface area contributed by atoms with Gasteiger partial charge in [0.25, 0.3) is 10.2 Å². The second-order valence-corrected chi connectivity index (χ2v) is 6.56. The molecule has 1 saturated heterocycles. The van der Waals surface area contributed by atoms with Crippen molar-refractivity contribution >= 4 is 10.2 Å². The van der Waals surface area contributed by atoms with E-state index in [1.165, 1.54) is 4.31 Å². The molecule has 0 spiro atoms. The van der Waals surface area contributed by atoms with Gasteiger partial charge >= 0.3 is 0 Å². The average Bonchev–Trinajstić information content (AvgIpc) is 2.96. The van der Waals surface area contributed by atoms with Crippen molar-refractivity contribution in [2.24, 2.45) is 0 Å². The van der Waals surface area contributed by atoms with E-state index in [2.05, 4.69) is 9.82 Å².